The quantitative estimate of drug-likeness (QED) is 0.0937. The molecule has 2 rings (SSSR count). The van der Waals surface area contributed by atoms with E-state index in [1.165, 1.54) is 61.2 Å². The van der Waals surface area contributed by atoms with Gasteiger partial charge in [0, 0.05) is 48.8 Å². The van der Waals surface area contributed by atoms with E-state index in [0.717, 1.165) is 63.9 Å². The average molecular weight is 563 g/mol. The highest BCUT2D eigenvalue weighted by atomic mass is 33.1. The van der Waals surface area contributed by atoms with Gasteiger partial charge in [0.25, 0.3) is 0 Å². The van der Waals surface area contributed by atoms with Crippen LogP contribution in [0.1, 0.15) is 49.7 Å². The third-order valence-corrected chi connectivity index (χ3v) is 8.65. The Labute approximate surface area is 239 Å². The summed E-state index contributed by atoms with van der Waals surface area (Å²) in [4.78, 5) is 0. The molecule has 0 unspecified atom stereocenters. The van der Waals surface area contributed by atoms with Gasteiger partial charge < -0.3 is 30.7 Å². The standard InChI is InChI=1S/C30H50N4O2S2/c1-35-29-15-7-5-13-27(29)25-33-19-11-3-9-17-31-21-23-37-38-24-22-32-18-10-4-12-20-34-26-28-14-6-8-16-30(28)36-2/h5-8,13-16,31-34H,3-4,9-12,17-26H2,1-2H3. The minimum absolute atomic E-state index is 0.872. The van der Waals surface area contributed by atoms with E-state index in [1.807, 2.05) is 45.9 Å². The van der Waals surface area contributed by atoms with Crippen molar-refractivity contribution >= 4 is 21.6 Å². The first-order valence-electron chi connectivity index (χ1n) is 14.2. The number of unbranched alkanes of at least 4 members (excludes halogenated alkanes) is 4. The number of benzene rings is 2. The summed E-state index contributed by atoms with van der Waals surface area (Å²) in [6.07, 6.45) is 7.45. The van der Waals surface area contributed by atoms with Gasteiger partial charge in [-0.2, -0.15) is 0 Å². The summed E-state index contributed by atoms with van der Waals surface area (Å²) < 4.78 is 10.8. The van der Waals surface area contributed by atoms with Crippen LogP contribution in [0.15, 0.2) is 48.5 Å². The molecule has 0 aromatic heterocycles. The Morgan fingerprint density at radius 1 is 0.500 bits per heavy atom. The molecular formula is C30H50N4O2S2. The molecule has 0 aliphatic rings. The second-order valence-corrected chi connectivity index (χ2v) is 11.9. The van der Waals surface area contributed by atoms with Gasteiger partial charge in [-0.25, -0.2) is 0 Å². The van der Waals surface area contributed by atoms with Crippen LogP contribution in [-0.2, 0) is 13.1 Å². The van der Waals surface area contributed by atoms with Gasteiger partial charge in [-0.1, -0.05) is 70.8 Å². The Balaban J connectivity index is 1.24. The van der Waals surface area contributed by atoms with E-state index < -0.39 is 0 Å². The van der Waals surface area contributed by atoms with Crippen molar-refractivity contribution in [1.82, 2.24) is 21.3 Å². The summed E-state index contributed by atoms with van der Waals surface area (Å²) in [7, 11) is 7.43. The van der Waals surface area contributed by atoms with Gasteiger partial charge in [-0.3, -0.25) is 0 Å². The van der Waals surface area contributed by atoms with E-state index in [4.69, 9.17) is 9.47 Å². The molecule has 0 saturated heterocycles. The van der Waals surface area contributed by atoms with Crippen LogP contribution in [0.4, 0.5) is 0 Å². The Morgan fingerprint density at radius 3 is 1.32 bits per heavy atom. The topological polar surface area (TPSA) is 66.6 Å². The van der Waals surface area contributed by atoms with Crippen molar-refractivity contribution in [3.8, 4) is 11.5 Å². The zero-order valence-corrected chi connectivity index (χ0v) is 25.2. The van der Waals surface area contributed by atoms with E-state index in [9.17, 15) is 0 Å². The van der Waals surface area contributed by atoms with Crippen molar-refractivity contribution in [1.29, 1.82) is 0 Å². The fourth-order valence-corrected chi connectivity index (χ4v) is 5.99. The molecule has 0 amide bonds. The Hall–Kier alpha value is -1.42. The smallest absolute Gasteiger partial charge is 0.123 e. The van der Waals surface area contributed by atoms with Gasteiger partial charge in [0.15, 0.2) is 0 Å². The molecule has 2 aromatic rings. The molecule has 2 aromatic carbocycles. The second-order valence-electron chi connectivity index (χ2n) is 9.24. The van der Waals surface area contributed by atoms with E-state index in [-0.39, 0.29) is 0 Å². The average Bonchev–Trinajstić information content (AvgIpc) is 2.96. The van der Waals surface area contributed by atoms with Crippen LogP contribution in [-0.4, -0.2) is 65.0 Å². The highest BCUT2D eigenvalue weighted by molar-refractivity contribution is 8.76. The molecule has 0 saturated carbocycles. The second kappa shape index (κ2) is 23.5. The molecule has 0 aliphatic heterocycles. The van der Waals surface area contributed by atoms with Gasteiger partial charge in [-0.15, -0.1) is 0 Å². The normalized spacial score (nSPS) is 11.1. The van der Waals surface area contributed by atoms with Crippen LogP contribution in [0.5, 0.6) is 11.5 Å². The summed E-state index contributed by atoms with van der Waals surface area (Å²) in [5, 5.41) is 14.2. The first kappa shape index (κ1) is 32.8. The van der Waals surface area contributed by atoms with Crippen LogP contribution in [0.2, 0.25) is 0 Å². The highest BCUT2D eigenvalue weighted by Crippen LogP contribution is 2.19. The van der Waals surface area contributed by atoms with E-state index >= 15 is 0 Å². The lowest BCUT2D eigenvalue weighted by molar-refractivity contribution is 0.407. The van der Waals surface area contributed by atoms with Crippen LogP contribution < -0.4 is 30.7 Å². The van der Waals surface area contributed by atoms with Crippen LogP contribution >= 0.6 is 21.6 Å². The van der Waals surface area contributed by atoms with Crippen molar-refractivity contribution < 1.29 is 9.47 Å². The number of para-hydroxylation sites is 2. The minimum Gasteiger partial charge on any atom is -0.496 e. The molecule has 4 N–H and O–H groups in total. The third-order valence-electron chi connectivity index (χ3n) is 6.24. The maximum absolute atomic E-state index is 5.40. The largest absolute Gasteiger partial charge is 0.496 e. The summed E-state index contributed by atoms with van der Waals surface area (Å²) in [6.45, 7) is 8.29. The van der Waals surface area contributed by atoms with E-state index in [1.54, 1.807) is 14.2 Å². The Morgan fingerprint density at radius 2 is 0.895 bits per heavy atom. The molecule has 0 spiro atoms. The lowest BCUT2D eigenvalue weighted by Crippen LogP contribution is -2.20. The summed E-state index contributed by atoms with van der Waals surface area (Å²) in [5.74, 6) is 4.28. The summed E-state index contributed by atoms with van der Waals surface area (Å²) in [6, 6.07) is 16.4. The monoisotopic (exact) mass is 562 g/mol. The van der Waals surface area contributed by atoms with Crippen molar-refractivity contribution in [2.24, 2.45) is 0 Å². The minimum atomic E-state index is 0.872. The molecule has 38 heavy (non-hydrogen) atoms. The van der Waals surface area contributed by atoms with Crippen molar-refractivity contribution in [3.05, 3.63) is 59.7 Å². The number of hydrogen-bond donors (Lipinski definition) is 4. The molecule has 0 bridgehead atoms. The molecule has 214 valence electrons. The van der Waals surface area contributed by atoms with E-state index in [0.29, 0.717) is 0 Å². The predicted molar refractivity (Wildman–Crippen MR) is 168 cm³/mol. The van der Waals surface area contributed by atoms with Gasteiger partial charge in [0.1, 0.15) is 11.5 Å². The molecule has 0 heterocycles. The maximum atomic E-state index is 5.40. The third kappa shape index (κ3) is 15.9. The Bertz CT molecular complexity index is 761. The number of hydrogen-bond acceptors (Lipinski definition) is 8. The fraction of sp³-hybridized carbons (Fsp3) is 0.600. The number of ether oxygens (including phenoxy) is 2. The maximum Gasteiger partial charge on any atom is 0.123 e. The van der Waals surface area contributed by atoms with E-state index in [2.05, 4.69) is 45.5 Å². The fourth-order valence-electron chi connectivity index (χ4n) is 4.09. The predicted octanol–water partition coefficient (Wildman–Crippen LogP) is 5.48. The van der Waals surface area contributed by atoms with Crippen LogP contribution in [0.25, 0.3) is 0 Å². The van der Waals surface area contributed by atoms with Gasteiger partial charge >= 0.3 is 0 Å². The molecule has 0 fully saturated rings. The van der Waals surface area contributed by atoms with Gasteiger partial charge in [-0.05, 0) is 64.0 Å². The van der Waals surface area contributed by atoms with Crippen molar-refractivity contribution in [2.45, 2.75) is 51.6 Å². The first-order chi connectivity index (χ1) is 18.8. The zero-order valence-electron chi connectivity index (χ0n) is 23.6. The SMILES string of the molecule is COc1ccccc1CNCCCCCNCCSSCCNCCCCCNCc1ccccc1OC. The molecular weight excluding hydrogens is 512 g/mol. The van der Waals surface area contributed by atoms with Crippen LogP contribution in [0.3, 0.4) is 0 Å². The summed E-state index contributed by atoms with van der Waals surface area (Å²) >= 11 is 0. The lowest BCUT2D eigenvalue weighted by atomic mass is 10.2. The van der Waals surface area contributed by atoms with Crippen LogP contribution in [0, 0.1) is 0 Å². The summed E-state index contributed by atoms with van der Waals surface area (Å²) in [5.41, 5.74) is 2.45. The molecule has 0 atom stereocenters. The van der Waals surface area contributed by atoms with Crippen molar-refractivity contribution in [2.75, 3.05) is 65.0 Å². The molecule has 6 nitrogen and oxygen atoms in total. The molecule has 0 radical (unpaired) electrons. The van der Waals surface area contributed by atoms with Crippen molar-refractivity contribution in [3.63, 3.8) is 0 Å². The number of nitrogens with one attached hydrogen (secondary N) is 4. The highest BCUT2D eigenvalue weighted by Gasteiger charge is 2.01. The number of rotatable bonds is 25. The molecule has 0 aliphatic carbocycles. The lowest BCUT2D eigenvalue weighted by Gasteiger charge is -2.09. The van der Waals surface area contributed by atoms with Gasteiger partial charge in [0.2, 0.25) is 0 Å². The first-order valence-corrected chi connectivity index (χ1v) is 16.6. The Kier molecular flexibility index (Phi) is 20.2. The number of methoxy groups -OCH3 is 2. The van der Waals surface area contributed by atoms with Gasteiger partial charge in [0.05, 0.1) is 14.2 Å². The molecule has 8 heteroatoms. The zero-order chi connectivity index (χ0) is 26.9.